The van der Waals surface area contributed by atoms with Gasteiger partial charge in [-0.3, -0.25) is 0 Å². The van der Waals surface area contributed by atoms with E-state index in [1.807, 2.05) is 30.3 Å². The molecule has 0 aliphatic heterocycles. The van der Waals surface area contributed by atoms with Crippen LogP contribution in [0.4, 0.5) is 0 Å². The molecule has 84 valence electrons. The third-order valence-electron chi connectivity index (χ3n) is 2.20. The Balaban J connectivity index is 2.03. The lowest BCUT2D eigenvalue weighted by molar-refractivity contribution is 0.304. The number of ether oxygens (including phenoxy) is 1. The van der Waals surface area contributed by atoms with Gasteiger partial charge in [0.15, 0.2) is 0 Å². The van der Waals surface area contributed by atoms with E-state index in [4.69, 9.17) is 10.00 Å². The summed E-state index contributed by atoms with van der Waals surface area (Å²) in [7, 11) is 0. The number of benzene rings is 1. The number of pyridine rings is 1. The standard InChI is InChI=1S/C13H9BrN2O/c14-13-4-2-1-3-10(13)9-17-12-6-5-11(7-15)16-8-12/h1-6,8H,9H2. The van der Waals surface area contributed by atoms with Gasteiger partial charge in [-0.15, -0.1) is 0 Å². The molecular formula is C13H9BrN2O. The summed E-state index contributed by atoms with van der Waals surface area (Å²) < 4.78 is 6.59. The van der Waals surface area contributed by atoms with Crippen molar-refractivity contribution in [3.63, 3.8) is 0 Å². The molecule has 0 atom stereocenters. The molecule has 0 amide bonds. The monoisotopic (exact) mass is 288 g/mol. The van der Waals surface area contributed by atoms with Crippen molar-refractivity contribution in [2.75, 3.05) is 0 Å². The van der Waals surface area contributed by atoms with Gasteiger partial charge >= 0.3 is 0 Å². The molecule has 3 nitrogen and oxygen atoms in total. The van der Waals surface area contributed by atoms with Crippen LogP contribution in [0.25, 0.3) is 0 Å². The summed E-state index contributed by atoms with van der Waals surface area (Å²) in [6.45, 7) is 0.467. The predicted molar refractivity (Wildman–Crippen MR) is 67.4 cm³/mol. The van der Waals surface area contributed by atoms with E-state index in [1.165, 1.54) is 0 Å². The van der Waals surface area contributed by atoms with Crippen LogP contribution in [0.5, 0.6) is 5.75 Å². The Bertz CT molecular complexity index is 546. The fraction of sp³-hybridized carbons (Fsp3) is 0.0769. The van der Waals surface area contributed by atoms with Gasteiger partial charge in [0.05, 0.1) is 6.20 Å². The Morgan fingerprint density at radius 2 is 2.06 bits per heavy atom. The zero-order valence-corrected chi connectivity index (χ0v) is 10.5. The smallest absolute Gasteiger partial charge is 0.140 e. The summed E-state index contributed by atoms with van der Waals surface area (Å²) in [6.07, 6.45) is 1.55. The quantitative estimate of drug-likeness (QED) is 0.871. The molecule has 1 heterocycles. The number of rotatable bonds is 3. The first-order valence-corrected chi connectivity index (χ1v) is 5.81. The van der Waals surface area contributed by atoms with Crippen LogP contribution in [0, 0.1) is 11.3 Å². The summed E-state index contributed by atoms with van der Waals surface area (Å²) in [4.78, 5) is 3.93. The van der Waals surface area contributed by atoms with Crippen molar-refractivity contribution in [1.29, 1.82) is 5.26 Å². The van der Waals surface area contributed by atoms with Gasteiger partial charge < -0.3 is 4.74 Å². The number of nitriles is 1. The third-order valence-corrected chi connectivity index (χ3v) is 2.98. The number of hydrogen-bond acceptors (Lipinski definition) is 3. The SMILES string of the molecule is N#Cc1ccc(OCc2ccccc2Br)cn1. The first-order chi connectivity index (χ1) is 8.29. The maximum atomic E-state index is 8.61. The lowest BCUT2D eigenvalue weighted by Crippen LogP contribution is -1.96. The summed E-state index contributed by atoms with van der Waals surface area (Å²) in [5.74, 6) is 0.653. The number of halogens is 1. The molecule has 0 spiro atoms. The molecule has 0 bridgehead atoms. The van der Waals surface area contributed by atoms with E-state index in [0.717, 1.165) is 10.0 Å². The van der Waals surface area contributed by atoms with Crippen molar-refractivity contribution in [2.45, 2.75) is 6.61 Å². The summed E-state index contributed by atoms with van der Waals surface area (Å²) in [6, 6.07) is 13.2. The highest BCUT2D eigenvalue weighted by Crippen LogP contribution is 2.18. The van der Waals surface area contributed by atoms with E-state index in [1.54, 1.807) is 18.3 Å². The van der Waals surface area contributed by atoms with Gasteiger partial charge in [-0.1, -0.05) is 34.1 Å². The lowest BCUT2D eigenvalue weighted by Gasteiger charge is -2.07. The molecule has 17 heavy (non-hydrogen) atoms. The van der Waals surface area contributed by atoms with Gasteiger partial charge in [-0.25, -0.2) is 4.98 Å². The molecule has 0 aliphatic carbocycles. The molecule has 0 saturated heterocycles. The molecule has 0 fully saturated rings. The number of nitrogens with zero attached hydrogens (tertiary/aromatic N) is 2. The molecule has 0 N–H and O–H groups in total. The van der Waals surface area contributed by atoms with E-state index in [0.29, 0.717) is 18.1 Å². The summed E-state index contributed by atoms with van der Waals surface area (Å²) in [5, 5.41) is 8.61. The molecular weight excluding hydrogens is 280 g/mol. The minimum absolute atomic E-state index is 0.387. The van der Waals surface area contributed by atoms with Crippen LogP contribution >= 0.6 is 15.9 Å². The van der Waals surface area contributed by atoms with Gasteiger partial charge in [0.2, 0.25) is 0 Å². The van der Waals surface area contributed by atoms with Crippen LogP contribution in [0.2, 0.25) is 0 Å². The summed E-state index contributed by atoms with van der Waals surface area (Å²) in [5.41, 5.74) is 1.45. The van der Waals surface area contributed by atoms with Gasteiger partial charge in [-0.05, 0) is 18.2 Å². The average Bonchev–Trinajstić information content (AvgIpc) is 2.38. The van der Waals surface area contributed by atoms with E-state index in [2.05, 4.69) is 20.9 Å². The van der Waals surface area contributed by atoms with Crippen LogP contribution < -0.4 is 4.74 Å². The predicted octanol–water partition coefficient (Wildman–Crippen LogP) is 3.29. The highest BCUT2D eigenvalue weighted by atomic mass is 79.9. The summed E-state index contributed by atoms with van der Waals surface area (Å²) >= 11 is 3.45. The van der Waals surface area contributed by atoms with Crippen molar-refractivity contribution >= 4 is 15.9 Å². The Morgan fingerprint density at radius 3 is 2.71 bits per heavy atom. The second kappa shape index (κ2) is 5.46. The first-order valence-electron chi connectivity index (χ1n) is 5.02. The van der Waals surface area contributed by atoms with Crippen LogP contribution in [0.1, 0.15) is 11.3 Å². The Morgan fingerprint density at radius 1 is 1.24 bits per heavy atom. The minimum Gasteiger partial charge on any atom is -0.487 e. The molecule has 0 radical (unpaired) electrons. The zero-order valence-electron chi connectivity index (χ0n) is 8.93. The molecule has 0 aliphatic rings. The molecule has 2 aromatic rings. The second-order valence-corrected chi connectivity index (χ2v) is 4.23. The van der Waals surface area contributed by atoms with Gasteiger partial charge in [0.25, 0.3) is 0 Å². The average molecular weight is 289 g/mol. The molecule has 2 rings (SSSR count). The highest BCUT2D eigenvalue weighted by molar-refractivity contribution is 9.10. The highest BCUT2D eigenvalue weighted by Gasteiger charge is 2.00. The van der Waals surface area contributed by atoms with Crippen LogP contribution in [0.15, 0.2) is 47.1 Å². The van der Waals surface area contributed by atoms with Crippen molar-refractivity contribution in [3.8, 4) is 11.8 Å². The van der Waals surface area contributed by atoms with Crippen molar-refractivity contribution in [1.82, 2.24) is 4.98 Å². The van der Waals surface area contributed by atoms with Crippen LogP contribution in [-0.4, -0.2) is 4.98 Å². The van der Waals surface area contributed by atoms with Crippen molar-refractivity contribution in [2.24, 2.45) is 0 Å². The Hall–Kier alpha value is -1.86. The molecule has 4 heteroatoms. The van der Waals surface area contributed by atoms with E-state index >= 15 is 0 Å². The molecule has 0 saturated carbocycles. The molecule has 1 aromatic heterocycles. The van der Waals surface area contributed by atoms with Gasteiger partial charge in [-0.2, -0.15) is 5.26 Å². The van der Waals surface area contributed by atoms with Crippen molar-refractivity contribution in [3.05, 3.63) is 58.3 Å². The largest absolute Gasteiger partial charge is 0.487 e. The van der Waals surface area contributed by atoms with Crippen LogP contribution in [-0.2, 0) is 6.61 Å². The second-order valence-electron chi connectivity index (χ2n) is 3.37. The fourth-order valence-corrected chi connectivity index (χ4v) is 1.71. The number of hydrogen-bond donors (Lipinski definition) is 0. The fourth-order valence-electron chi connectivity index (χ4n) is 1.31. The maximum Gasteiger partial charge on any atom is 0.140 e. The minimum atomic E-state index is 0.387. The zero-order chi connectivity index (χ0) is 12.1. The maximum absolute atomic E-state index is 8.61. The van der Waals surface area contributed by atoms with Crippen LogP contribution in [0.3, 0.4) is 0 Å². The molecule has 0 unspecified atom stereocenters. The van der Waals surface area contributed by atoms with Crippen molar-refractivity contribution < 1.29 is 4.74 Å². The first kappa shape index (κ1) is 11.6. The van der Waals surface area contributed by atoms with E-state index < -0.39 is 0 Å². The Kier molecular flexibility index (Phi) is 3.73. The van der Waals surface area contributed by atoms with Gasteiger partial charge in [0, 0.05) is 10.0 Å². The van der Waals surface area contributed by atoms with E-state index in [9.17, 15) is 0 Å². The van der Waals surface area contributed by atoms with Gasteiger partial charge in [0.1, 0.15) is 24.1 Å². The Labute approximate surface area is 108 Å². The van der Waals surface area contributed by atoms with E-state index in [-0.39, 0.29) is 0 Å². The topological polar surface area (TPSA) is 45.9 Å². The normalized spacial score (nSPS) is 9.65. The number of aromatic nitrogens is 1. The third kappa shape index (κ3) is 3.05. The lowest BCUT2D eigenvalue weighted by atomic mass is 10.2. The molecule has 1 aromatic carbocycles.